The number of rotatable bonds is 5. The van der Waals surface area contributed by atoms with Gasteiger partial charge in [-0.25, -0.2) is 9.78 Å². The van der Waals surface area contributed by atoms with Crippen LogP contribution in [0.1, 0.15) is 26.2 Å². The smallest absolute Gasteiger partial charge is 0.320 e. The van der Waals surface area contributed by atoms with Gasteiger partial charge in [0.15, 0.2) is 0 Å². The van der Waals surface area contributed by atoms with Crippen LogP contribution in [0.5, 0.6) is 0 Å². The summed E-state index contributed by atoms with van der Waals surface area (Å²) in [5, 5.41) is 5.01. The first-order valence-electron chi connectivity index (χ1n) is 11.5. The number of halogens is 1. The number of hydrogen-bond acceptors (Lipinski definition) is 5. The highest BCUT2D eigenvalue weighted by atomic mass is 35.5. The molecule has 1 aliphatic heterocycles. The molecule has 1 atom stereocenters. The van der Waals surface area contributed by atoms with Crippen molar-refractivity contribution in [1.82, 2.24) is 34.4 Å². The lowest BCUT2D eigenvalue weighted by Gasteiger charge is -2.47. The van der Waals surface area contributed by atoms with Gasteiger partial charge >= 0.3 is 6.03 Å². The van der Waals surface area contributed by atoms with E-state index < -0.39 is 0 Å². The molecule has 33 heavy (non-hydrogen) atoms. The predicted molar refractivity (Wildman–Crippen MR) is 129 cm³/mol. The molecule has 0 N–H and O–H groups in total. The van der Waals surface area contributed by atoms with Gasteiger partial charge in [-0.1, -0.05) is 11.6 Å². The summed E-state index contributed by atoms with van der Waals surface area (Å²) in [4.78, 5) is 27.9. The summed E-state index contributed by atoms with van der Waals surface area (Å²) in [5.74, 6) is 0. The molecular weight excluding hydrogens is 438 g/mol. The van der Waals surface area contributed by atoms with Gasteiger partial charge in [0.1, 0.15) is 5.15 Å². The van der Waals surface area contributed by atoms with Gasteiger partial charge in [-0.3, -0.25) is 14.6 Å². The molecule has 1 saturated carbocycles. The first-order valence-corrected chi connectivity index (χ1v) is 11.9. The first kappa shape index (κ1) is 22.1. The zero-order chi connectivity index (χ0) is 23.2. The Hall–Kier alpha value is -2.71. The number of aromatic nitrogens is 4. The van der Waals surface area contributed by atoms with E-state index in [4.69, 9.17) is 11.6 Å². The van der Waals surface area contributed by atoms with E-state index in [1.54, 1.807) is 11.0 Å². The minimum atomic E-state index is 0.0396. The molecule has 1 aliphatic carbocycles. The second-order valence-electron chi connectivity index (χ2n) is 9.60. The van der Waals surface area contributed by atoms with Crippen LogP contribution in [0, 0.1) is 0 Å². The second-order valence-corrected chi connectivity index (χ2v) is 9.98. The maximum absolute atomic E-state index is 12.7. The molecule has 9 heteroatoms. The lowest BCUT2D eigenvalue weighted by Crippen LogP contribution is -2.63. The number of carbonyl (C=O) groups excluding carboxylic acids is 1. The molecule has 1 saturated heterocycles. The summed E-state index contributed by atoms with van der Waals surface area (Å²) >= 11 is 6.03. The van der Waals surface area contributed by atoms with Gasteiger partial charge in [0.2, 0.25) is 0 Å². The van der Waals surface area contributed by atoms with Crippen molar-refractivity contribution in [2.75, 3.05) is 33.7 Å². The van der Waals surface area contributed by atoms with Crippen LogP contribution in [0.25, 0.3) is 22.2 Å². The normalized spacial score (nSPS) is 19.9. The fourth-order valence-corrected chi connectivity index (χ4v) is 5.19. The summed E-state index contributed by atoms with van der Waals surface area (Å²) < 4.78 is 1.99. The van der Waals surface area contributed by atoms with Crippen LogP contribution in [-0.2, 0) is 6.54 Å². The third-order valence-electron chi connectivity index (χ3n) is 6.74. The van der Waals surface area contributed by atoms with Crippen molar-refractivity contribution < 1.29 is 4.79 Å². The highest BCUT2D eigenvalue weighted by Gasteiger charge is 2.55. The third-order valence-corrected chi connectivity index (χ3v) is 6.95. The molecule has 2 aliphatic rings. The van der Waals surface area contributed by atoms with E-state index >= 15 is 0 Å². The largest absolute Gasteiger partial charge is 0.331 e. The molecule has 5 rings (SSSR count). The molecule has 4 heterocycles. The van der Waals surface area contributed by atoms with E-state index in [0.717, 1.165) is 67.6 Å². The molecule has 1 spiro atoms. The highest BCUT2D eigenvalue weighted by Crippen LogP contribution is 2.46. The second kappa shape index (κ2) is 8.57. The fraction of sp³-hybridized carbons (Fsp3) is 0.500. The Bertz CT molecular complexity index is 1170. The Morgan fingerprint density at radius 3 is 2.76 bits per heavy atom. The minimum absolute atomic E-state index is 0.0396. The lowest BCUT2D eigenvalue weighted by atomic mass is 10.1. The topological polar surface area (TPSA) is 70.4 Å². The van der Waals surface area contributed by atoms with Gasteiger partial charge in [-0.05, 0) is 44.4 Å². The lowest BCUT2D eigenvalue weighted by molar-refractivity contribution is 0.0335. The zero-order valence-electron chi connectivity index (χ0n) is 19.4. The van der Waals surface area contributed by atoms with E-state index in [1.165, 1.54) is 0 Å². The molecule has 0 unspecified atom stereocenters. The number of nitrogens with zero attached hydrogens (tertiary/aromatic N) is 7. The summed E-state index contributed by atoms with van der Waals surface area (Å²) in [6.07, 6.45) is 9.01. The highest BCUT2D eigenvalue weighted by molar-refractivity contribution is 6.29. The van der Waals surface area contributed by atoms with E-state index in [0.29, 0.717) is 5.15 Å². The first-order chi connectivity index (χ1) is 15.8. The van der Waals surface area contributed by atoms with E-state index in [9.17, 15) is 4.79 Å². The fourth-order valence-electron chi connectivity index (χ4n) is 5.03. The number of hydrogen-bond donors (Lipinski definition) is 0. The Labute approximate surface area is 199 Å². The Morgan fingerprint density at radius 1 is 1.18 bits per heavy atom. The number of pyridine rings is 2. The molecule has 0 radical (unpaired) electrons. The number of fused-ring (bicyclic) bond motifs is 1. The SMILES string of the molecule is C[C@@H]1CN(CCCn2cc(-c3cnc4ccc(Cl)nc4c3)cn2)CC2(CC2)N1C(=O)N(C)C. The number of amides is 2. The van der Waals surface area contributed by atoms with Crippen molar-refractivity contribution in [3.8, 4) is 11.1 Å². The van der Waals surface area contributed by atoms with Crippen molar-refractivity contribution in [1.29, 1.82) is 0 Å². The molecule has 0 bridgehead atoms. The Balaban J connectivity index is 1.19. The Morgan fingerprint density at radius 2 is 2.00 bits per heavy atom. The molecular formula is C24H30ClN7O. The van der Waals surface area contributed by atoms with E-state index in [2.05, 4.69) is 38.0 Å². The van der Waals surface area contributed by atoms with Gasteiger partial charge in [-0.15, -0.1) is 0 Å². The molecule has 2 amide bonds. The van der Waals surface area contributed by atoms with Crippen molar-refractivity contribution >= 4 is 28.7 Å². The van der Waals surface area contributed by atoms with Crippen molar-refractivity contribution in [3.63, 3.8) is 0 Å². The van der Waals surface area contributed by atoms with Gasteiger partial charge in [-0.2, -0.15) is 5.10 Å². The van der Waals surface area contributed by atoms with E-state index in [-0.39, 0.29) is 17.6 Å². The standard InChI is InChI=1S/C24H30ClN7O/c1-17-14-30(16-24(7-8-24)32(17)23(33)29(2)3)9-4-10-31-15-19(13-27-31)18-11-21-20(26-12-18)5-6-22(25)28-21/h5-6,11-13,15,17H,4,7-10,14,16H2,1-3H3/t17-/m1/s1. The number of aryl methyl sites for hydroxylation is 1. The van der Waals surface area contributed by atoms with Crippen molar-refractivity contribution in [2.45, 2.75) is 44.3 Å². The third kappa shape index (κ3) is 4.42. The van der Waals surface area contributed by atoms with Crippen LogP contribution in [0.2, 0.25) is 5.15 Å². The summed E-state index contributed by atoms with van der Waals surface area (Å²) in [6.45, 7) is 5.92. The number of carbonyl (C=O) groups is 1. The minimum Gasteiger partial charge on any atom is -0.331 e. The van der Waals surface area contributed by atoms with Crippen LogP contribution < -0.4 is 0 Å². The maximum atomic E-state index is 12.7. The molecule has 3 aromatic rings. The van der Waals surface area contributed by atoms with E-state index in [1.807, 2.05) is 43.3 Å². The molecule has 2 fully saturated rings. The average molecular weight is 468 g/mol. The summed E-state index contributed by atoms with van der Waals surface area (Å²) in [5.41, 5.74) is 3.65. The molecule has 174 valence electrons. The molecule has 3 aromatic heterocycles. The van der Waals surface area contributed by atoms with Crippen molar-refractivity contribution in [3.05, 3.63) is 41.9 Å². The van der Waals surface area contributed by atoms with Gasteiger partial charge in [0.25, 0.3) is 0 Å². The van der Waals surface area contributed by atoms with Crippen LogP contribution in [-0.4, -0.2) is 85.8 Å². The summed E-state index contributed by atoms with van der Waals surface area (Å²) in [7, 11) is 3.69. The van der Waals surface area contributed by atoms with Crippen LogP contribution >= 0.6 is 11.6 Å². The predicted octanol–water partition coefficient (Wildman–Crippen LogP) is 3.76. The van der Waals surface area contributed by atoms with Crippen molar-refractivity contribution in [2.24, 2.45) is 0 Å². The monoisotopic (exact) mass is 467 g/mol. The number of urea groups is 1. The molecule has 0 aromatic carbocycles. The molecule has 8 nitrogen and oxygen atoms in total. The average Bonchev–Trinajstić information content (AvgIpc) is 3.36. The van der Waals surface area contributed by atoms with Crippen LogP contribution in [0.4, 0.5) is 4.79 Å². The summed E-state index contributed by atoms with van der Waals surface area (Å²) in [6, 6.07) is 6.00. The van der Waals surface area contributed by atoms with Gasteiger partial charge in [0, 0.05) is 69.8 Å². The van der Waals surface area contributed by atoms with Crippen LogP contribution in [0.3, 0.4) is 0 Å². The zero-order valence-corrected chi connectivity index (χ0v) is 20.2. The maximum Gasteiger partial charge on any atom is 0.320 e. The Kier molecular flexibility index (Phi) is 5.74. The van der Waals surface area contributed by atoms with Crippen LogP contribution in [0.15, 0.2) is 36.8 Å². The van der Waals surface area contributed by atoms with Gasteiger partial charge < -0.3 is 9.80 Å². The van der Waals surface area contributed by atoms with Gasteiger partial charge in [0.05, 0.1) is 22.8 Å². The quantitative estimate of drug-likeness (QED) is 0.534. The number of piperazine rings is 1.